The van der Waals surface area contributed by atoms with Crippen LogP contribution in [0.25, 0.3) is 0 Å². The van der Waals surface area contributed by atoms with Crippen molar-refractivity contribution in [2.45, 2.75) is 32.9 Å². The molecule has 8 nitrogen and oxygen atoms in total. The molecule has 0 aliphatic heterocycles. The first-order chi connectivity index (χ1) is 14.3. The molecular weight excluding hydrogens is 388 g/mol. The van der Waals surface area contributed by atoms with Crippen LogP contribution < -0.4 is 10.1 Å². The van der Waals surface area contributed by atoms with Gasteiger partial charge in [-0.2, -0.15) is 0 Å². The van der Waals surface area contributed by atoms with Crippen molar-refractivity contribution in [3.05, 3.63) is 29.8 Å². The van der Waals surface area contributed by atoms with Crippen LogP contribution >= 0.6 is 0 Å². The molecule has 1 amide bonds. The predicted molar refractivity (Wildman–Crippen MR) is 116 cm³/mol. The molecular formula is C22H38N2O6. The summed E-state index contributed by atoms with van der Waals surface area (Å²) in [5.41, 5.74) is 0.746. The maximum Gasteiger partial charge on any atom is 0.407 e. The lowest BCUT2D eigenvalue weighted by Gasteiger charge is -2.19. The van der Waals surface area contributed by atoms with Gasteiger partial charge < -0.3 is 29.0 Å². The van der Waals surface area contributed by atoms with Gasteiger partial charge >= 0.3 is 6.09 Å². The van der Waals surface area contributed by atoms with Crippen LogP contribution in [0.1, 0.15) is 26.3 Å². The Bertz CT molecular complexity index is 574. The molecule has 1 N–H and O–H groups in total. The summed E-state index contributed by atoms with van der Waals surface area (Å²) in [4.78, 5) is 13.7. The summed E-state index contributed by atoms with van der Waals surface area (Å²) in [6, 6.07) is 8.08. The van der Waals surface area contributed by atoms with Crippen LogP contribution in [0.2, 0.25) is 0 Å². The second-order valence-corrected chi connectivity index (χ2v) is 7.85. The number of carbonyl (C=O) groups is 1. The maximum absolute atomic E-state index is 11.4. The van der Waals surface area contributed by atoms with Crippen molar-refractivity contribution in [3.63, 3.8) is 0 Å². The lowest BCUT2D eigenvalue weighted by Crippen LogP contribution is -2.34. The number of rotatable bonds is 15. The van der Waals surface area contributed by atoms with Crippen LogP contribution in [0.15, 0.2) is 24.3 Å². The van der Waals surface area contributed by atoms with Crippen LogP contribution in [-0.4, -0.2) is 83.5 Å². The zero-order valence-electron chi connectivity index (χ0n) is 19.1. The molecule has 1 aromatic carbocycles. The van der Waals surface area contributed by atoms with Crippen molar-refractivity contribution in [2.75, 3.05) is 66.9 Å². The Morgan fingerprint density at radius 3 is 2.07 bits per heavy atom. The third-order valence-electron chi connectivity index (χ3n) is 3.89. The van der Waals surface area contributed by atoms with Gasteiger partial charge in [-0.15, -0.1) is 0 Å². The summed E-state index contributed by atoms with van der Waals surface area (Å²) in [6.45, 7) is 10.7. The number of hydrogen-bond donors (Lipinski definition) is 1. The summed E-state index contributed by atoms with van der Waals surface area (Å²) in [5.74, 6) is 0.868. The number of likely N-dealkylation sites (N-methyl/N-ethyl adjacent to an activating group) is 1. The molecule has 30 heavy (non-hydrogen) atoms. The number of ether oxygens (including phenoxy) is 5. The monoisotopic (exact) mass is 426 g/mol. The Morgan fingerprint density at radius 1 is 0.933 bits per heavy atom. The number of nitrogens with zero attached hydrogens (tertiary/aromatic N) is 1. The predicted octanol–water partition coefficient (Wildman–Crippen LogP) is 2.70. The van der Waals surface area contributed by atoms with Crippen molar-refractivity contribution in [1.29, 1.82) is 0 Å². The molecule has 0 saturated heterocycles. The minimum absolute atomic E-state index is 0.405. The Hall–Kier alpha value is -1.87. The second kappa shape index (κ2) is 15.0. The molecule has 1 aromatic rings. The Morgan fingerprint density at radius 2 is 1.50 bits per heavy atom. The zero-order chi connectivity index (χ0) is 22.2. The quantitative estimate of drug-likeness (QED) is 0.432. The van der Waals surface area contributed by atoms with E-state index in [4.69, 9.17) is 23.7 Å². The fourth-order valence-corrected chi connectivity index (χ4v) is 2.42. The Kier molecular flexibility index (Phi) is 13.1. The van der Waals surface area contributed by atoms with Gasteiger partial charge in [-0.05, 0) is 45.5 Å². The van der Waals surface area contributed by atoms with E-state index < -0.39 is 11.7 Å². The fraction of sp³-hybridized carbons (Fsp3) is 0.682. The molecule has 0 fully saturated rings. The highest BCUT2D eigenvalue weighted by molar-refractivity contribution is 5.67. The normalized spacial score (nSPS) is 11.5. The molecule has 0 spiro atoms. The Labute approximate surface area is 180 Å². The van der Waals surface area contributed by atoms with E-state index in [2.05, 4.69) is 29.4 Å². The van der Waals surface area contributed by atoms with E-state index in [0.29, 0.717) is 46.2 Å². The topological polar surface area (TPSA) is 78.5 Å². The lowest BCUT2D eigenvalue weighted by atomic mass is 10.2. The highest BCUT2D eigenvalue weighted by Gasteiger charge is 2.15. The lowest BCUT2D eigenvalue weighted by molar-refractivity contribution is 0.0109. The summed E-state index contributed by atoms with van der Waals surface area (Å²) >= 11 is 0. The van der Waals surface area contributed by atoms with E-state index in [1.165, 1.54) is 5.56 Å². The van der Waals surface area contributed by atoms with Crippen molar-refractivity contribution < 1.29 is 28.5 Å². The number of methoxy groups -OCH3 is 1. The van der Waals surface area contributed by atoms with Crippen molar-refractivity contribution in [1.82, 2.24) is 10.2 Å². The van der Waals surface area contributed by atoms with Gasteiger partial charge in [-0.25, -0.2) is 4.79 Å². The first-order valence-corrected chi connectivity index (χ1v) is 10.3. The summed E-state index contributed by atoms with van der Waals surface area (Å²) < 4.78 is 26.8. The summed E-state index contributed by atoms with van der Waals surface area (Å²) in [6.07, 6.45) is -0.436. The van der Waals surface area contributed by atoms with E-state index >= 15 is 0 Å². The van der Waals surface area contributed by atoms with Crippen molar-refractivity contribution in [3.8, 4) is 5.75 Å². The van der Waals surface area contributed by atoms with Gasteiger partial charge in [0.05, 0.1) is 46.8 Å². The summed E-state index contributed by atoms with van der Waals surface area (Å²) in [7, 11) is 3.74. The standard InChI is InChI=1S/C22H38N2O6/c1-22(2,3)30-21(25)23-10-12-27-14-16-29-17-15-28-13-11-24(4)18-19-6-8-20(26-5)9-7-19/h6-9H,10-18H2,1-5H3,(H,23,25). The maximum atomic E-state index is 11.4. The average molecular weight is 427 g/mol. The molecule has 0 unspecified atom stereocenters. The SMILES string of the molecule is COc1ccc(CN(C)CCOCCOCCOCCNC(=O)OC(C)(C)C)cc1. The molecule has 0 aromatic heterocycles. The fourth-order valence-electron chi connectivity index (χ4n) is 2.42. The summed E-state index contributed by atoms with van der Waals surface area (Å²) in [5, 5.41) is 2.64. The molecule has 8 heteroatoms. The first-order valence-electron chi connectivity index (χ1n) is 10.3. The van der Waals surface area contributed by atoms with Gasteiger partial charge in [0.15, 0.2) is 0 Å². The molecule has 0 aliphatic rings. The molecule has 0 atom stereocenters. The number of carbonyl (C=O) groups excluding carboxylic acids is 1. The van der Waals surface area contributed by atoms with Gasteiger partial charge in [0.2, 0.25) is 0 Å². The van der Waals surface area contributed by atoms with Crippen molar-refractivity contribution >= 4 is 6.09 Å². The number of hydrogen-bond acceptors (Lipinski definition) is 7. The van der Waals surface area contributed by atoms with Crippen LogP contribution in [0, 0.1) is 0 Å². The molecule has 1 rings (SSSR count). The van der Waals surface area contributed by atoms with E-state index in [9.17, 15) is 4.79 Å². The molecule has 0 heterocycles. The highest BCUT2D eigenvalue weighted by atomic mass is 16.6. The number of alkyl carbamates (subject to hydrolysis) is 1. The van der Waals surface area contributed by atoms with Gasteiger partial charge in [0, 0.05) is 19.6 Å². The van der Waals surface area contributed by atoms with Crippen molar-refractivity contribution in [2.24, 2.45) is 0 Å². The minimum atomic E-state index is -0.493. The largest absolute Gasteiger partial charge is 0.497 e. The second-order valence-electron chi connectivity index (χ2n) is 7.85. The minimum Gasteiger partial charge on any atom is -0.497 e. The zero-order valence-corrected chi connectivity index (χ0v) is 19.1. The molecule has 0 saturated carbocycles. The van der Waals surface area contributed by atoms with Gasteiger partial charge in [0.25, 0.3) is 0 Å². The molecule has 172 valence electrons. The molecule has 0 radical (unpaired) electrons. The third kappa shape index (κ3) is 14.2. The third-order valence-corrected chi connectivity index (χ3v) is 3.89. The number of nitrogens with one attached hydrogen (secondary N) is 1. The van der Waals surface area contributed by atoms with Crippen LogP contribution in [-0.2, 0) is 25.5 Å². The highest BCUT2D eigenvalue weighted by Crippen LogP contribution is 2.12. The van der Waals surface area contributed by atoms with Gasteiger partial charge in [-0.3, -0.25) is 4.90 Å². The van der Waals surface area contributed by atoms with E-state index in [0.717, 1.165) is 18.8 Å². The van der Waals surface area contributed by atoms with E-state index in [1.54, 1.807) is 7.11 Å². The molecule has 0 bridgehead atoms. The number of amides is 1. The molecule has 0 aliphatic carbocycles. The van der Waals surface area contributed by atoms with Crippen LogP contribution in [0.5, 0.6) is 5.75 Å². The van der Waals surface area contributed by atoms with Gasteiger partial charge in [-0.1, -0.05) is 12.1 Å². The number of benzene rings is 1. The average Bonchev–Trinajstić information content (AvgIpc) is 2.68. The smallest absolute Gasteiger partial charge is 0.407 e. The first kappa shape index (κ1) is 26.2. The van der Waals surface area contributed by atoms with E-state index in [-0.39, 0.29) is 0 Å². The van der Waals surface area contributed by atoms with E-state index in [1.807, 2.05) is 32.9 Å². The van der Waals surface area contributed by atoms with Crippen LogP contribution in [0.3, 0.4) is 0 Å². The Balaban J connectivity index is 1.88. The van der Waals surface area contributed by atoms with Crippen LogP contribution in [0.4, 0.5) is 4.79 Å². The van der Waals surface area contributed by atoms with Gasteiger partial charge in [0.1, 0.15) is 11.4 Å².